The number of piperazine rings is 1. The highest BCUT2D eigenvalue weighted by atomic mass is 16.2. The quantitative estimate of drug-likeness (QED) is 0.739. The van der Waals surface area contributed by atoms with Crippen LogP contribution >= 0.6 is 0 Å². The van der Waals surface area contributed by atoms with E-state index < -0.39 is 0 Å². The maximum absolute atomic E-state index is 13.2. The zero-order valence-corrected chi connectivity index (χ0v) is 20.0. The Hall–Kier alpha value is -1.85. The van der Waals surface area contributed by atoms with Crippen LogP contribution in [0.4, 0.5) is 0 Å². The fourth-order valence-electron chi connectivity index (χ4n) is 6.30. The van der Waals surface area contributed by atoms with Crippen molar-refractivity contribution >= 4 is 16.8 Å². The van der Waals surface area contributed by atoms with Crippen LogP contribution in [0.2, 0.25) is 0 Å². The number of H-pyrrole nitrogens is 1. The molecule has 2 aromatic rings. The third-order valence-corrected chi connectivity index (χ3v) is 8.05. The Morgan fingerprint density at radius 3 is 2.41 bits per heavy atom. The van der Waals surface area contributed by atoms with E-state index in [9.17, 15) is 4.79 Å². The van der Waals surface area contributed by atoms with Crippen LogP contribution in [-0.4, -0.2) is 77.4 Å². The van der Waals surface area contributed by atoms with Gasteiger partial charge in [0.15, 0.2) is 0 Å². The standard InChI is InChI=1S/C27H40N4O/c1-20(2)19-29-11-9-21(10-12-29)25-18-28-26-17-22(7-8-24(25)26)27(32)31-15-13-30(14-16-31)23-5-3-4-6-23/h7-8,17-18,20-21,23,28H,3-6,9-16,19H2,1-2H3. The van der Waals surface area contributed by atoms with Gasteiger partial charge in [0.2, 0.25) is 0 Å². The summed E-state index contributed by atoms with van der Waals surface area (Å²) in [6.07, 6.45) is 10.1. The molecule has 5 heteroatoms. The highest BCUT2D eigenvalue weighted by molar-refractivity contribution is 5.98. The van der Waals surface area contributed by atoms with Crippen molar-refractivity contribution in [2.24, 2.45) is 5.92 Å². The fourth-order valence-corrected chi connectivity index (χ4v) is 6.30. The molecule has 0 unspecified atom stereocenters. The Bertz CT molecular complexity index is 913. The third kappa shape index (κ3) is 4.60. The summed E-state index contributed by atoms with van der Waals surface area (Å²) in [5, 5.41) is 1.30. The van der Waals surface area contributed by atoms with Crippen molar-refractivity contribution in [1.82, 2.24) is 19.7 Å². The molecule has 5 nitrogen and oxygen atoms in total. The van der Waals surface area contributed by atoms with Crippen LogP contribution in [0, 0.1) is 5.92 Å². The van der Waals surface area contributed by atoms with E-state index in [2.05, 4.69) is 57.9 Å². The summed E-state index contributed by atoms with van der Waals surface area (Å²) in [5.41, 5.74) is 3.38. The Kier molecular flexibility index (Phi) is 6.56. The van der Waals surface area contributed by atoms with Gasteiger partial charge >= 0.3 is 0 Å². The molecule has 3 aliphatic rings. The molecule has 2 aliphatic heterocycles. The molecule has 1 aromatic heterocycles. The third-order valence-electron chi connectivity index (χ3n) is 8.05. The summed E-state index contributed by atoms with van der Waals surface area (Å²) in [7, 11) is 0. The van der Waals surface area contributed by atoms with Gasteiger partial charge in [-0.25, -0.2) is 0 Å². The number of aromatic amines is 1. The summed E-state index contributed by atoms with van der Waals surface area (Å²) in [4.78, 5) is 24.0. The fraction of sp³-hybridized carbons (Fsp3) is 0.667. The largest absolute Gasteiger partial charge is 0.361 e. The lowest BCUT2D eigenvalue weighted by molar-refractivity contribution is 0.0573. The molecule has 0 radical (unpaired) electrons. The number of aromatic nitrogens is 1. The SMILES string of the molecule is CC(C)CN1CCC(c2c[nH]c3cc(C(=O)N4CCN(C5CCCC5)CC4)ccc23)CC1. The second-order valence-corrected chi connectivity index (χ2v) is 10.7. The maximum atomic E-state index is 13.2. The number of piperidine rings is 1. The number of rotatable bonds is 5. The number of hydrogen-bond donors (Lipinski definition) is 1. The van der Waals surface area contributed by atoms with Crippen LogP contribution in [0.5, 0.6) is 0 Å². The number of nitrogens with one attached hydrogen (secondary N) is 1. The van der Waals surface area contributed by atoms with Gasteiger partial charge < -0.3 is 14.8 Å². The van der Waals surface area contributed by atoms with Gasteiger partial charge in [-0.2, -0.15) is 0 Å². The zero-order chi connectivity index (χ0) is 22.1. The molecule has 0 bridgehead atoms. The Labute approximate surface area is 193 Å². The topological polar surface area (TPSA) is 42.6 Å². The predicted octanol–water partition coefficient (Wildman–Crippen LogP) is 4.70. The lowest BCUT2D eigenvalue weighted by Crippen LogP contribution is -2.51. The molecule has 32 heavy (non-hydrogen) atoms. The van der Waals surface area contributed by atoms with E-state index in [1.807, 2.05) is 0 Å². The average Bonchev–Trinajstić information content (AvgIpc) is 3.49. The molecule has 3 fully saturated rings. The van der Waals surface area contributed by atoms with Crippen molar-refractivity contribution in [3.63, 3.8) is 0 Å². The van der Waals surface area contributed by atoms with E-state index in [-0.39, 0.29) is 5.91 Å². The Morgan fingerprint density at radius 2 is 1.72 bits per heavy atom. The molecule has 1 amide bonds. The molecule has 2 saturated heterocycles. The molecule has 5 rings (SSSR count). The number of likely N-dealkylation sites (tertiary alicyclic amines) is 1. The van der Waals surface area contributed by atoms with Crippen LogP contribution in [0.3, 0.4) is 0 Å². The number of benzene rings is 1. The van der Waals surface area contributed by atoms with Crippen LogP contribution in [0.1, 0.15) is 74.2 Å². The molecule has 1 saturated carbocycles. The van der Waals surface area contributed by atoms with Gasteiger partial charge in [-0.1, -0.05) is 32.8 Å². The highest BCUT2D eigenvalue weighted by Gasteiger charge is 2.29. The Balaban J connectivity index is 1.22. The summed E-state index contributed by atoms with van der Waals surface area (Å²) >= 11 is 0. The maximum Gasteiger partial charge on any atom is 0.254 e. The van der Waals surface area contributed by atoms with Crippen molar-refractivity contribution in [1.29, 1.82) is 0 Å². The minimum absolute atomic E-state index is 0.191. The Morgan fingerprint density at radius 1 is 1.00 bits per heavy atom. The lowest BCUT2D eigenvalue weighted by Gasteiger charge is -2.38. The number of nitrogens with zero attached hydrogens (tertiary/aromatic N) is 3. The number of hydrogen-bond acceptors (Lipinski definition) is 3. The van der Waals surface area contributed by atoms with Gasteiger partial charge in [0.05, 0.1) is 0 Å². The normalized spacial score (nSPS) is 22.4. The molecule has 0 atom stereocenters. The van der Waals surface area contributed by atoms with Crippen molar-refractivity contribution in [3.05, 3.63) is 35.5 Å². The monoisotopic (exact) mass is 436 g/mol. The zero-order valence-electron chi connectivity index (χ0n) is 20.0. The first-order valence-corrected chi connectivity index (χ1v) is 12.9. The van der Waals surface area contributed by atoms with Crippen molar-refractivity contribution in [2.75, 3.05) is 45.8 Å². The first-order valence-electron chi connectivity index (χ1n) is 12.9. The molecule has 0 spiro atoms. The van der Waals surface area contributed by atoms with Gasteiger partial charge in [-0.15, -0.1) is 0 Å². The van der Waals surface area contributed by atoms with E-state index in [1.165, 1.54) is 69.1 Å². The molecule has 174 valence electrons. The molecule has 3 heterocycles. The summed E-state index contributed by atoms with van der Waals surface area (Å²) in [5.74, 6) is 1.55. The van der Waals surface area contributed by atoms with Crippen molar-refractivity contribution in [3.8, 4) is 0 Å². The number of carbonyl (C=O) groups excluding carboxylic acids is 1. The van der Waals surface area contributed by atoms with Crippen LogP contribution in [0.25, 0.3) is 10.9 Å². The van der Waals surface area contributed by atoms with Gasteiger partial charge in [0, 0.05) is 61.4 Å². The van der Waals surface area contributed by atoms with Crippen LogP contribution < -0.4 is 0 Å². The van der Waals surface area contributed by atoms with E-state index in [4.69, 9.17) is 0 Å². The number of amides is 1. The summed E-state index contributed by atoms with van der Waals surface area (Å²) in [6, 6.07) is 7.08. The molecule has 1 aromatic carbocycles. The van der Waals surface area contributed by atoms with Gasteiger partial charge in [-0.05, 0) is 68.3 Å². The molecule has 1 aliphatic carbocycles. The second-order valence-electron chi connectivity index (χ2n) is 10.7. The van der Waals surface area contributed by atoms with E-state index in [0.717, 1.165) is 49.2 Å². The first-order chi connectivity index (χ1) is 15.6. The second kappa shape index (κ2) is 9.56. The minimum atomic E-state index is 0.191. The molecular weight excluding hydrogens is 396 g/mol. The lowest BCUT2D eigenvalue weighted by atomic mass is 9.88. The number of carbonyl (C=O) groups is 1. The molecule has 1 N–H and O–H groups in total. The summed E-state index contributed by atoms with van der Waals surface area (Å²) in [6.45, 7) is 12.0. The first kappa shape index (κ1) is 22.0. The van der Waals surface area contributed by atoms with Gasteiger partial charge in [-0.3, -0.25) is 9.69 Å². The average molecular weight is 437 g/mol. The van der Waals surface area contributed by atoms with E-state index in [1.54, 1.807) is 0 Å². The van der Waals surface area contributed by atoms with Crippen LogP contribution in [0.15, 0.2) is 24.4 Å². The van der Waals surface area contributed by atoms with E-state index in [0.29, 0.717) is 5.92 Å². The van der Waals surface area contributed by atoms with Crippen molar-refractivity contribution < 1.29 is 4.79 Å². The smallest absolute Gasteiger partial charge is 0.254 e. The molecular formula is C27H40N4O. The predicted molar refractivity (Wildman–Crippen MR) is 131 cm³/mol. The minimum Gasteiger partial charge on any atom is -0.361 e. The van der Waals surface area contributed by atoms with Crippen LogP contribution in [-0.2, 0) is 0 Å². The summed E-state index contributed by atoms with van der Waals surface area (Å²) < 4.78 is 0. The van der Waals surface area contributed by atoms with E-state index >= 15 is 0 Å². The van der Waals surface area contributed by atoms with Gasteiger partial charge in [0.1, 0.15) is 0 Å². The highest BCUT2D eigenvalue weighted by Crippen LogP contribution is 2.34. The van der Waals surface area contributed by atoms with Crippen molar-refractivity contribution in [2.45, 2.75) is 64.3 Å². The van der Waals surface area contributed by atoms with Gasteiger partial charge in [0.25, 0.3) is 5.91 Å². The number of fused-ring (bicyclic) bond motifs is 1.